The van der Waals surface area contributed by atoms with Gasteiger partial charge in [0.1, 0.15) is 34.6 Å². The van der Waals surface area contributed by atoms with E-state index in [0.29, 0.717) is 11.1 Å². The van der Waals surface area contributed by atoms with Gasteiger partial charge in [-0.1, -0.05) is 0 Å². The summed E-state index contributed by atoms with van der Waals surface area (Å²) < 4.78 is 11.1. The number of hydrogen-bond donors (Lipinski definition) is 1. The van der Waals surface area contributed by atoms with Crippen molar-refractivity contribution in [2.75, 3.05) is 0 Å². The van der Waals surface area contributed by atoms with Gasteiger partial charge < -0.3 is 13.9 Å². The number of nitro groups is 2. The van der Waals surface area contributed by atoms with E-state index in [1.807, 2.05) is 0 Å². The largest absolute Gasteiger partial charge is 0.507 e. The zero-order chi connectivity index (χ0) is 24.9. The van der Waals surface area contributed by atoms with E-state index in [-0.39, 0.29) is 44.4 Å². The van der Waals surface area contributed by atoms with Crippen LogP contribution < -0.4 is 10.9 Å². The lowest BCUT2D eigenvalue weighted by Crippen LogP contribution is -2.09. The van der Waals surface area contributed by atoms with E-state index in [9.17, 15) is 34.9 Å². The minimum absolute atomic E-state index is 0.0259. The second kappa shape index (κ2) is 7.92. The highest BCUT2D eigenvalue weighted by molar-refractivity contribution is 6.06. The molecule has 2 aromatic heterocycles. The number of nitrogens with zero attached hydrogens (tertiary/aromatic N) is 2. The number of nitro benzene ring substituents is 2. The van der Waals surface area contributed by atoms with Crippen LogP contribution in [0, 0.1) is 20.2 Å². The number of phenols is 1. The molecule has 1 N–H and O–H groups in total. The first-order chi connectivity index (χ1) is 16.8. The highest BCUT2D eigenvalue weighted by Crippen LogP contribution is 2.33. The van der Waals surface area contributed by atoms with E-state index in [1.54, 1.807) is 0 Å². The average Bonchev–Trinajstić information content (AvgIpc) is 2.84. The standard InChI is InChI=1S/C24H12N2O9/c27-18-9-19-21(23(29)16(10-34-19)12-1-5-14(6-2-12)25(30)31)24-20(18)22(28)17(11-35-24)13-3-7-15(8-4-13)26(32)33/h1-11,27H. The second-order valence-electron chi connectivity index (χ2n) is 7.54. The fourth-order valence-electron chi connectivity index (χ4n) is 3.81. The van der Waals surface area contributed by atoms with E-state index >= 15 is 0 Å². The zero-order valence-electron chi connectivity index (χ0n) is 17.5. The summed E-state index contributed by atoms with van der Waals surface area (Å²) in [6.45, 7) is 0. The van der Waals surface area contributed by atoms with Gasteiger partial charge in [0.25, 0.3) is 11.4 Å². The summed E-state index contributed by atoms with van der Waals surface area (Å²) in [7, 11) is 0. The molecule has 35 heavy (non-hydrogen) atoms. The molecule has 0 saturated heterocycles. The van der Waals surface area contributed by atoms with Gasteiger partial charge >= 0.3 is 0 Å². The summed E-state index contributed by atoms with van der Waals surface area (Å²) >= 11 is 0. The van der Waals surface area contributed by atoms with Gasteiger partial charge in [-0.15, -0.1) is 0 Å². The Hall–Kier alpha value is -5.32. The van der Waals surface area contributed by atoms with E-state index in [0.717, 1.165) is 18.6 Å². The van der Waals surface area contributed by atoms with Crippen LogP contribution in [0.25, 0.3) is 44.2 Å². The maximum Gasteiger partial charge on any atom is 0.269 e. The van der Waals surface area contributed by atoms with Crippen molar-refractivity contribution < 1.29 is 23.8 Å². The molecule has 0 bridgehead atoms. The molecule has 5 rings (SSSR count). The molecule has 0 aliphatic carbocycles. The SMILES string of the molecule is O=c1c(-c2ccc([N+](=O)[O-])cc2)coc2c1c(O)cc1occ(-c3ccc([N+](=O)[O-])cc3)c(=O)c12. The van der Waals surface area contributed by atoms with Crippen LogP contribution in [-0.4, -0.2) is 15.0 Å². The molecule has 0 saturated carbocycles. The predicted octanol–water partition coefficient (Wildman–Crippen LogP) is 4.76. The molecule has 0 unspecified atom stereocenters. The molecule has 172 valence electrons. The number of aromatic hydroxyl groups is 1. The molecule has 2 heterocycles. The highest BCUT2D eigenvalue weighted by Gasteiger charge is 2.21. The van der Waals surface area contributed by atoms with Gasteiger partial charge in [0, 0.05) is 30.3 Å². The number of non-ortho nitro benzene ring substituents is 2. The lowest BCUT2D eigenvalue weighted by Gasteiger charge is -2.08. The molecule has 11 nitrogen and oxygen atoms in total. The van der Waals surface area contributed by atoms with E-state index in [1.165, 1.54) is 48.5 Å². The first kappa shape index (κ1) is 21.5. The summed E-state index contributed by atoms with van der Waals surface area (Å²) in [5.74, 6) is -0.476. The Labute approximate surface area is 193 Å². The lowest BCUT2D eigenvalue weighted by atomic mass is 10.0. The minimum Gasteiger partial charge on any atom is -0.507 e. The van der Waals surface area contributed by atoms with Crippen LogP contribution >= 0.6 is 0 Å². The maximum atomic E-state index is 13.3. The van der Waals surface area contributed by atoms with E-state index in [4.69, 9.17) is 8.83 Å². The highest BCUT2D eigenvalue weighted by atomic mass is 16.6. The molecule has 3 aromatic carbocycles. The number of fused-ring (bicyclic) bond motifs is 3. The molecule has 0 aliphatic rings. The summed E-state index contributed by atoms with van der Waals surface area (Å²) in [4.78, 5) is 47.2. The molecule has 0 amide bonds. The minimum atomic E-state index is -0.653. The van der Waals surface area contributed by atoms with Gasteiger partial charge in [0.2, 0.25) is 10.9 Å². The van der Waals surface area contributed by atoms with Crippen LogP contribution in [0.3, 0.4) is 0 Å². The summed E-state index contributed by atoms with van der Waals surface area (Å²) in [6.07, 6.45) is 2.25. The first-order valence-electron chi connectivity index (χ1n) is 9.99. The third kappa shape index (κ3) is 3.47. The monoisotopic (exact) mass is 472 g/mol. The van der Waals surface area contributed by atoms with Gasteiger partial charge in [-0.05, 0) is 35.4 Å². The van der Waals surface area contributed by atoms with Crippen LogP contribution in [-0.2, 0) is 0 Å². The van der Waals surface area contributed by atoms with Crippen molar-refractivity contribution in [1.29, 1.82) is 0 Å². The van der Waals surface area contributed by atoms with Crippen LogP contribution in [0.4, 0.5) is 11.4 Å². The molecule has 0 fully saturated rings. The van der Waals surface area contributed by atoms with Crippen molar-refractivity contribution in [3.63, 3.8) is 0 Å². The third-order valence-corrected chi connectivity index (χ3v) is 5.54. The third-order valence-electron chi connectivity index (χ3n) is 5.54. The Bertz CT molecular complexity index is 1780. The molecular formula is C24H12N2O9. The molecule has 0 aliphatic heterocycles. The van der Waals surface area contributed by atoms with Gasteiger partial charge in [-0.3, -0.25) is 29.8 Å². The predicted molar refractivity (Wildman–Crippen MR) is 124 cm³/mol. The average molecular weight is 472 g/mol. The summed E-state index contributed by atoms with van der Waals surface area (Å²) in [5.41, 5.74) is -1.02. The van der Waals surface area contributed by atoms with Gasteiger partial charge in [0.15, 0.2) is 5.58 Å². The van der Waals surface area contributed by atoms with Crippen LogP contribution in [0.2, 0.25) is 0 Å². The zero-order valence-corrected chi connectivity index (χ0v) is 17.5. The van der Waals surface area contributed by atoms with Crippen LogP contribution in [0.5, 0.6) is 5.75 Å². The Morgan fingerprint density at radius 3 is 1.63 bits per heavy atom. The second-order valence-corrected chi connectivity index (χ2v) is 7.54. The van der Waals surface area contributed by atoms with Crippen LogP contribution in [0.15, 0.2) is 85.5 Å². The Morgan fingerprint density at radius 1 is 0.686 bits per heavy atom. The number of hydrogen-bond acceptors (Lipinski definition) is 9. The smallest absolute Gasteiger partial charge is 0.269 e. The topological polar surface area (TPSA) is 167 Å². The van der Waals surface area contributed by atoms with Gasteiger partial charge in [-0.25, -0.2) is 0 Å². The van der Waals surface area contributed by atoms with Crippen molar-refractivity contribution in [3.05, 3.63) is 108 Å². The van der Waals surface area contributed by atoms with Crippen LogP contribution in [0.1, 0.15) is 0 Å². The van der Waals surface area contributed by atoms with Crippen molar-refractivity contribution in [1.82, 2.24) is 0 Å². The lowest BCUT2D eigenvalue weighted by molar-refractivity contribution is -0.385. The summed E-state index contributed by atoms with van der Waals surface area (Å²) in [5, 5.41) is 32.0. The fourth-order valence-corrected chi connectivity index (χ4v) is 3.81. The molecule has 0 radical (unpaired) electrons. The van der Waals surface area contributed by atoms with E-state index < -0.39 is 26.5 Å². The molecule has 5 aromatic rings. The molecule has 11 heteroatoms. The van der Waals surface area contributed by atoms with Gasteiger partial charge in [-0.2, -0.15) is 0 Å². The van der Waals surface area contributed by atoms with Crippen molar-refractivity contribution in [3.8, 4) is 28.0 Å². The number of phenolic OH excluding ortho intramolecular Hbond substituents is 1. The first-order valence-corrected chi connectivity index (χ1v) is 9.99. The Morgan fingerprint density at radius 2 is 1.14 bits per heavy atom. The quantitative estimate of drug-likeness (QED) is 0.220. The Kier molecular flexibility index (Phi) is 4.87. The van der Waals surface area contributed by atoms with Crippen molar-refractivity contribution in [2.45, 2.75) is 0 Å². The molecule has 0 atom stereocenters. The maximum absolute atomic E-state index is 13.3. The van der Waals surface area contributed by atoms with E-state index in [2.05, 4.69) is 0 Å². The molecule has 0 spiro atoms. The van der Waals surface area contributed by atoms with Crippen molar-refractivity contribution >= 4 is 33.3 Å². The number of rotatable bonds is 4. The Balaban J connectivity index is 1.73. The van der Waals surface area contributed by atoms with Gasteiger partial charge in [0.05, 0.1) is 21.0 Å². The normalized spacial score (nSPS) is 11.1. The molecular weight excluding hydrogens is 460 g/mol. The van der Waals surface area contributed by atoms with Crippen molar-refractivity contribution in [2.24, 2.45) is 0 Å². The fraction of sp³-hybridized carbons (Fsp3) is 0. The summed E-state index contributed by atoms with van der Waals surface area (Å²) in [6, 6.07) is 11.6. The number of benzene rings is 3.